The number of aliphatic hydroxyl groups excluding tert-OH is 1. The van der Waals surface area contributed by atoms with Gasteiger partial charge in [0.2, 0.25) is 11.8 Å². The first-order chi connectivity index (χ1) is 22.9. The largest absolute Gasteiger partial charge is 0.463 e. The number of para-hydroxylation sites is 1. The van der Waals surface area contributed by atoms with Crippen LogP contribution in [0.3, 0.4) is 0 Å². The average Bonchev–Trinajstić information content (AvgIpc) is 3.49. The Morgan fingerprint density at radius 3 is 2.04 bits per heavy atom. The Bertz CT molecular complexity index is 1600. The molecule has 0 radical (unpaired) electrons. The zero-order valence-electron chi connectivity index (χ0n) is 26.8. The Morgan fingerprint density at radius 1 is 0.766 bits per heavy atom. The fraction of sp³-hybridized carbons (Fsp3) is 0.308. The molecule has 0 aliphatic carbocycles. The monoisotopic (exact) mass is 635 g/mol. The molecule has 4 rings (SSSR count). The van der Waals surface area contributed by atoms with Crippen LogP contribution in [0.15, 0.2) is 116 Å². The van der Waals surface area contributed by atoms with Gasteiger partial charge in [-0.25, -0.2) is 0 Å². The van der Waals surface area contributed by atoms with Crippen molar-refractivity contribution in [1.82, 2.24) is 15.6 Å². The van der Waals surface area contributed by atoms with Gasteiger partial charge in [-0.1, -0.05) is 91.0 Å². The molecule has 47 heavy (non-hydrogen) atoms. The molecule has 8 nitrogen and oxygen atoms in total. The highest BCUT2D eigenvalue weighted by Crippen LogP contribution is 2.21. The number of hydrogen-bond acceptors (Lipinski definition) is 5. The summed E-state index contributed by atoms with van der Waals surface area (Å²) < 4.78 is 5.86. The Morgan fingerprint density at radius 2 is 1.38 bits per heavy atom. The number of hydrogen-bond donors (Lipinski definition) is 4. The summed E-state index contributed by atoms with van der Waals surface area (Å²) in [6.07, 6.45) is 7.28. The molecule has 0 unspecified atom stereocenters. The third-order valence-corrected chi connectivity index (χ3v) is 8.19. The number of aromatic amines is 1. The van der Waals surface area contributed by atoms with Crippen LogP contribution in [0.5, 0.6) is 0 Å². The minimum atomic E-state index is -0.698. The topological polar surface area (TPSA) is 121 Å². The van der Waals surface area contributed by atoms with Gasteiger partial charge in [-0.3, -0.25) is 14.4 Å². The van der Waals surface area contributed by atoms with Crippen LogP contribution in [0, 0.1) is 11.8 Å². The van der Waals surface area contributed by atoms with E-state index in [9.17, 15) is 19.5 Å². The molecule has 3 aromatic carbocycles. The fourth-order valence-electron chi connectivity index (χ4n) is 5.75. The van der Waals surface area contributed by atoms with E-state index >= 15 is 0 Å². The molecule has 2 amide bonds. The molecule has 0 spiro atoms. The lowest BCUT2D eigenvalue weighted by Crippen LogP contribution is -2.45. The van der Waals surface area contributed by atoms with Crippen LogP contribution in [0.2, 0.25) is 0 Å². The molecule has 246 valence electrons. The summed E-state index contributed by atoms with van der Waals surface area (Å²) in [6.45, 7) is 7.35. The SMILES string of the molecule is C=CC[C@H](CC(=O)N[C@H](CO)Cc1ccccc1)C(=O)N[C@H](COC(=O)[C@H](CC=C)Cc1ccccc1)Cc1c[nH]c2ccccc12. The normalized spacial score (nSPS) is 13.6. The molecule has 0 saturated heterocycles. The van der Waals surface area contributed by atoms with Gasteiger partial charge in [-0.05, 0) is 54.9 Å². The summed E-state index contributed by atoms with van der Waals surface area (Å²) in [5.41, 5.74) is 3.95. The van der Waals surface area contributed by atoms with Crippen molar-refractivity contribution in [2.24, 2.45) is 11.8 Å². The fourth-order valence-corrected chi connectivity index (χ4v) is 5.75. The van der Waals surface area contributed by atoms with Gasteiger partial charge < -0.3 is 25.5 Å². The van der Waals surface area contributed by atoms with Crippen molar-refractivity contribution in [1.29, 1.82) is 0 Å². The maximum atomic E-state index is 13.7. The lowest BCUT2D eigenvalue weighted by molar-refractivity contribution is -0.149. The van der Waals surface area contributed by atoms with Gasteiger partial charge in [-0.2, -0.15) is 0 Å². The predicted molar refractivity (Wildman–Crippen MR) is 185 cm³/mol. The first-order valence-corrected chi connectivity index (χ1v) is 16.1. The lowest BCUT2D eigenvalue weighted by atomic mass is 9.96. The number of aromatic nitrogens is 1. The van der Waals surface area contributed by atoms with E-state index in [1.807, 2.05) is 91.1 Å². The third kappa shape index (κ3) is 10.8. The van der Waals surface area contributed by atoms with E-state index in [4.69, 9.17) is 4.74 Å². The van der Waals surface area contributed by atoms with Gasteiger partial charge in [0.25, 0.3) is 0 Å². The number of carbonyl (C=O) groups is 3. The summed E-state index contributed by atoms with van der Waals surface area (Å²) >= 11 is 0. The highest BCUT2D eigenvalue weighted by Gasteiger charge is 2.27. The van der Waals surface area contributed by atoms with Crippen LogP contribution in [0.25, 0.3) is 10.9 Å². The number of ether oxygens (including phenoxy) is 1. The molecule has 1 aromatic heterocycles. The number of H-pyrrole nitrogens is 1. The summed E-state index contributed by atoms with van der Waals surface area (Å²) in [4.78, 5) is 43.3. The molecule has 0 bridgehead atoms. The average molecular weight is 636 g/mol. The van der Waals surface area contributed by atoms with Gasteiger partial charge in [-0.15, -0.1) is 13.2 Å². The number of rotatable bonds is 19. The minimum Gasteiger partial charge on any atom is -0.463 e. The molecule has 0 aliphatic heterocycles. The van der Waals surface area contributed by atoms with Crippen molar-refractivity contribution >= 4 is 28.7 Å². The molecule has 1 heterocycles. The first kappa shape index (κ1) is 34.9. The van der Waals surface area contributed by atoms with Crippen molar-refractivity contribution in [3.63, 3.8) is 0 Å². The Balaban J connectivity index is 1.45. The predicted octanol–water partition coefficient (Wildman–Crippen LogP) is 5.48. The second kappa shape index (κ2) is 18.3. The van der Waals surface area contributed by atoms with E-state index in [1.165, 1.54) is 0 Å². The Labute approximate surface area is 276 Å². The van der Waals surface area contributed by atoms with E-state index in [0.29, 0.717) is 25.7 Å². The standard InChI is InChI=1S/C39H45N3O5/c1-3-13-30(24-37(44)41-33(26-43)22-29-17-9-6-10-18-29)38(45)42-34(23-32-25-40-36-20-12-11-19-35(32)36)27-47-39(46)31(14-4-2)21-28-15-7-5-8-16-28/h3-12,15-20,25,30-31,33-34,40,43H,1-2,13-14,21-24,26-27H2,(H,41,44)(H,42,45)/t30-,31-,33+,34+/m1/s1. The number of nitrogens with one attached hydrogen (secondary N) is 3. The first-order valence-electron chi connectivity index (χ1n) is 16.1. The zero-order valence-corrected chi connectivity index (χ0v) is 26.8. The summed E-state index contributed by atoms with van der Waals surface area (Å²) in [7, 11) is 0. The van der Waals surface area contributed by atoms with Gasteiger partial charge >= 0.3 is 5.97 Å². The van der Waals surface area contributed by atoms with E-state index < -0.39 is 23.9 Å². The second-order valence-electron chi connectivity index (χ2n) is 11.9. The number of fused-ring (bicyclic) bond motifs is 1. The molecule has 0 fully saturated rings. The molecular weight excluding hydrogens is 590 g/mol. The van der Waals surface area contributed by atoms with Crippen LogP contribution in [-0.4, -0.2) is 53.2 Å². The minimum absolute atomic E-state index is 0.0385. The summed E-state index contributed by atoms with van der Waals surface area (Å²) in [5.74, 6) is -2.14. The van der Waals surface area contributed by atoms with Gasteiger partial charge in [0.1, 0.15) is 6.61 Å². The van der Waals surface area contributed by atoms with Gasteiger partial charge in [0.05, 0.1) is 30.5 Å². The number of amides is 2. The molecule has 0 saturated carbocycles. The van der Waals surface area contributed by atoms with Crippen LogP contribution in [-0.2, 0) is 38.4 Å². The highest BCUT2D eigenvalue weighted by molar-refractivity contribution is 5.87. The van der Waals surface area contributed by atoms with E-state index in [1.54, 1.807) is 12.2 Å². The second-order valence-corrected chi connectivity index (χ2v) is 11.9. The summed E-state index contributed by atoms with van der Waals surface area (Å²) in [6, 6.07) is 26.2. The number of carbonyl (C=O) groups excluding carboxylic acids is 3. The van der Waals surface area contributed by atoms with Crippen molar-refractivity contribution in [3.05, 3.63) is 133 Å². The maximum Gasteiger partial charge on any atom is 0.309 e. The van der Waals surface area contributed by atoms with Crippen molar-refractivity contribution in [3.8, 4) is 0 Å². The molecular formula is C39H45N3O5. The van der Waals surface area contributed by atoms with E-state index in [0.717, 1.165) is 27.6 Å². The Kier molecular flexibility index (Phi) is 13.6. The quantitative estimate of drug-likeness (QED) is 0.0804. The zero-order chi connectivity index (χ0) is 33.4. The van der Waals surface area contributed by atoms with E-state index in [-0.39, 0.29) is 43.8 Å². The number of esters is 1. The number of aliphatic hydroxyl groups is 1. The summed E-state index contributed by atoms with van der Waals surface area (Å²) in [5, 5.41) is 16.8. The molecule has 0 aliphatic rings. The van der Waals surface area contributed by atoms with Crippen molar-refractivity contribution in [2.45, 2.75) is 50.6 Å². The van der Waals surface area contributed by atoms with Crippen LogP contribution in [0.1, 0.15) is 36.0 Å². The maximum absolute atomic E-state index is 13.7. The number of benzene rings is 3. The van der Waals surface area contributed by atoms with Crippen molar-refractivity contribution < 1.29 is 24.2 Å². The highest BCUT2D eigenvalue weighted by atomic mass is 16.5. The molecule has 4 atom stereocenters. The van der Waals surface area contributed by atoms with Crippen LogP contribution >= 0.6 is 0 Å². The van der Waals surface area contributed by atoms with Gasteiger partial charge in [0, 0.05) is 23.5 Å². The van der Waals surface area contributed by atoms with Gasteiger partial charge in [0.15, 0.2) is 0 Å². The smallest absolute Gasteiger partial charge is 0.309 e. The third-order valence-electron chi connectivity index (χ3n) is 8.19. The molecule has 4 aromatic rings. The van der Waals surface area contributed by atoms with Crippen molar-refractivity contribution in [2.75, 3.05) is 13.2 Å². The lowest BCUT2D eigenvalue weighted by Gasteiger charge is -2.24. The van der Waals surface area contributed by atoms with Crippen LogP contribution < -0.4 is 10.6 Å². The number of allylic oxidation sites excluding steroid dienone is 2. The van der Waals surface area contributed by atoms with Crippen LogP contribution in [0.4, 0.5) is 0 Å². The van der Waals surface area contributed by atoms with E-state index in [2.05, 4.69) is 28.8 Å². The Hall–Kier alpha value is -4.95. The molecule has 4 N–H and O–H groups in total. The molecule has 8 heteroatoms.